The van der Waals surface area contributed by atoms with Gasteiger partial charge in [0.25, 0.3) is 5.91 Å². The molecule has 25 heavy (non-hydrogen) atoms. The fourth-order valence-electron chi connectivity index (χ4n) is 2.65. The Morgan fingerprint density at radius 1 is 1.08 bits per heavy atom. The van der Waals surface area contributed by atoms with Crippen molar-refractivity contribution in [2.24, 2.45) is 16.5 Å². The fourth-order valence-corrected chi connectivity index (χ4v) is 2.65. The number of carbonyl (C=O) groups excluding carboxylic acids is 1. The number of nitrogens with two attached hydrogens (primary N) is 2. The van der Waals surface area contributed by atoms with Gasteiger partial charge < -0.3 is 11.5 Å². The van der Waals surface area contributed by atoms with Crippen molar-refractivity contribution < 1.29 is 13.6 Å². The molecule has 0 aliphatic heterocycles. The summed E-state index contributed by atoms with van der Waals surface area (Å²) in [6.45, 7) is 1.73. The summed E-state index contributed by atoms with van der Waals surface area (Å²) >= 11 is 0. The lowest BCUT2D eigenvalue weighted by Crippen LogP contribution is -2.24. The first kappa shape index (κ1) is 16.5. The molecule has 126 valence electrons. The molecule has 1 aromatic heterocycles. The van der Waals surface area contributed by atoms with Crippen molar-refractivity contribution in [3.8, 4) is 11.3 Å². The molecule has 1 heterocycles. The average molecular weight is 340 g/mol. The predicted octanol–water partition coefficient (Wildman–Crippen LogP) is 2.90. The molecule has 0 aliphatic rings. The Morgan fingerprint density at radius 3 is 2.52 bits per heavy atom. The molecule has 0 saturated carbocycles. The first-order valence-corrected chi connectivity index (χ1v) is 7.36. The van der Waals surface area contributed by atoms with E-state index in [1.165, 1.54) is 24.3 Å². The molecule has 0 fully saturated rings. The number of pyridine rings is 1. The second-order valence-corrected chi connectivity index (χ2v) is 5.49. The monoisotopic (exact) mass is 340 g/mol. The topological polar surface area (TPSA) is 94.4 Å². The number of benzene rings is 2. The number of aliphatic imine (C=N–C) groups is 1. The number of aryl methyl sites for hydroxylation is 1. The number of fused-ring (bicyclic) bond motifs is 1. The predicted molar refractivity (Wildman–Crippen MR) is 92.0 cm³/mol. The molecule has 3 rings (SSSR count). The van der Waals surface area contributed by atoms with E-state index in [0.717, 1.165) is 6.20 Å². The third-order valence-electron chi connectivity index (χ3n) is 3.78. The molecule has 5 nitrogen and oxygen atoms in total. The van der Waals surface area contributed by atoms with Gasteiger partial charge in [0.1, 0.15) is 11.6 Å². The highest BCUT2D eigenvalue weighted by Crippen LogP contribution is 2.32. The van der Waals surface area contributed by atoms with Crippen LogP contribution in [-0.2, 0) is 0 Å². The van der Waals surface area contributed by atoms with Crippen molar-refractivity contribution in [2.75, 3.05) is 0 Å². The molecule has 0 atom stereocenters. The van der Waals surface area contributed by atoms with E-state index >= 15 is 0 Å². The molecule has 4 N–H and O–H groups in total. The van der Waals surface area contributed by atoms with Gasteiger partial charge in [0.15, 0.2) is 5.96 Å². The summed E-state index contributed by atoms with van der Waals surface area (Å²) < 4.78 is 28.5. The number of carbonyl (C=O) groups is 1. The van der Waals surface area contributed by atoms with Gasteiger partial charge in [-0.05, 0) is 30.7 Å². The van der Waals surface area contributed by atoms with Crippen molar-refractivity contribution in [1.82, 2.24) is 4.98 Å². The molecule has 0 radical (unpaired) electrons. The molecule has 0 unspecified atom stereocenters. The van der Waals surface area contributed by atoms with E-state index in [-0.39, 0.29) is 28.2 Å². The van der Waals surface area contributed by atoms with Crippen molar-refractivity contribution >= 4 is 22.6 Å². The number of hydrogen-bond donors (Lipinski definition) is 2. The van der Waals surface area contributed by atoms with Gasteiger partial charge in [0.05, 0.1) is 11.9 Å². The van der Waals surface area contributed by atoms with Crippen molar-refractivity contribution in [1.29, 1.82) is 0 Å². The lowest BCUT2D eigenvalue weighted by Gasteiger charge is -2.11. The highest BCUT2D eigenvalue weighted by atomic mass is 19.1. The number of aromatic nitrogens is 1. The Bertz CT molecular complexity index is 1010. The van der Waals surface area contributed by atoms with Crippen molar-refractivity contribution in [2.45, 2.75) is 6.92 Å². The Morgan fingerprint density at radius 2 is 1.84 bits per heavy atom. The second kappa shape index (κ2) is 6.27. The van der Waals surface area contributed by atoms with Crippen molar-refractivity contribution in [3.05, 3.63) is 65.4 Å². The summed E-state index contributed by atoms with van der Waals surface area (Å²) in [6, 6.07) is 8.83. The number of nitrogens with zero attached hydrogens (tertiary/aromatic N) is 2. The number of halogens is 2. The molecule has 0 bridgehead atoms. The van der Waals surface area contributed by atoms with E-state index in [9.17, 15) is 13.6 Å². The van der Waals surface area contributed by atoms with Crippen LogP contribution in [0, 0.1) is 18.6 Å². The molecule has 0 spiro atoms. The summed E-state index contributed by atoms with van der Waals surface area (Å²) in [5.74, 6) is -2.12. The van der Waals surface area contributed by atoms with Crippen LogP contribution in [0.3, 0.4) is 0 Å². The summed E-state index contributed by atoms with van der Waals surface area (Å²) in [4.78, 5) is 19.5. The van der Waals surface area contributed by atoms with E-state index in [1.54, 1.807) is 19.1 Å². The van der Waals surface area contributed by atoms with Crippen LogP contribution in [0.5, 0.6) is 0 Å². The van der Waals surface area contributed by atoms with Crippen LogP contribution in [0.1, 0.15) is 15.9 Å². The molecule has 0 saturated heterocycles. The summed E-state index contributed by atoms with van der Waals surface area (Å²) in [5.41, 5.74) is 11.7. The van der Waals surface area contributed by atoms with Crippen LogP contribution >= 0.6 is 0 Å². The molecule has 2 aromatic carbocycles. The zero-order valence-corrected chi connectivity index (χ0v) is 13.3. The highest BCUT2D eigenvalue weighted by Gasteiger charge is 2.17. The number of hydrogen-bond acceptors (Lipinski definition) is 2. The third kappa shape index (κ3) is 3.03. The molecule has 0 aliphatic carbocycles. The fraction of sp³-hybridized carbons (Fsp3) is 0.0556. The van der Waals surface area contributed by atoms with Crippen molar-refractivity contribution in [3.63, 3.8) is 0 Å². The SMILES string of the molecule is Cc1cccc(F)c1-c1ncc(F)c2ccc(C(=O)N=C(N)N)cc12. The van der Waals surface area contributed by atoms with E-state index in [2.05, 4.69) is 9.98 Å². The molecular weight excluding hydrogens is 326 g/mol. The van der Waals surface area contributed by atoms with Gasteiger partial charge in [-0.1, -0.05) is 18.2 Å². The number of amides is 1. The van der Waals surface area contributed by atoms with Gasteiger partial charge in [0.2, 0.25) is 0 Å². The second-order valence-electron chi connectivity index (χ2n) is 5.49. The molecule has 1 amide bonds. The van der Waals surface area contributed by atoms with E-state index in [4.69, 9.17) is 11.5 Å². The third-order valence-corrected chi connectivity index (χ3v) is 3.78. The van der Waals surface area contributed by atoms with Crippen LogP contribution in [0.15, 0.2) is 47.6 Å². The average Bonchev–Trinajstić information content (AvgIpc) is 2.55. The Hall–Kier alpha value is -3.35. The zero-order valence-electron chi connectivity index (χ0n) is 13.3. The summed E-state index contributed by atoms with van der Waals surface area (Å²) in [7, 11) is 0. The van der Waals surface area contributed by atoms with Crippen LogP contribution in [-0.4, -0.2) is 16.9 Å². The molecule has 7 heteroatoms. The quantitative estimate of drug-likeness (QED) is 0.554. The maximum Gasteiger partial charge on any atom is 0.280 e. The smallest absolute Gasteiger partial charge is 0.280 e. The first-order valence-electron chi connectivity index (χ1n) is 7.36. The van der Waals surface area contributed by atoms with Crippen LogP contribution in [0.2, 0.25) is 0 Å². The highest BCUT2D eigenvalue weighted by molar-refractivity contribution is 6.06. The maximum absolute atomic E-state index is 14.3. The van der Waals surface area contributed by atoms with Gasteiger partial charge in [-0.15, -0.1) is 0 Å². The van der Waals surface area contributed by atoms with Gasteiger partial charge in [-0.3, -0.25) is 9.78 Å². The molecule has 3 aromatic rings. The lowest BCUT2D eigenvalue weighted by atomic mass is 9.98. The maximum atomic E-state index is 14.3. The largest absolute Gasteiger partial charge is 0.370 e. The minimum atomic E-state index is -0.678. The lowest BCUT2D eigenvalue weighted by molar-refractivity contribution is 0.100. The van der Waals surface area contributed by atoms with Crippen LogP contribution < -0.4 is 11.5 Å². The van der Waals surface area contributed by atoms with Gasteiger partial charge >= 0.3 is 0 Å². The Labute approximate surface area is 142 Å². The van der Waals surface area contributed by atoms with Gasteiger partial charge in [0, 0.05) is 21.9 Å². The zero-order chi connectivity index (χ0) is 18.1. The molecular formula is C18H14F2N4O. The van der Waals surface area contributed by atoms with E-state index in [0.29, 0.717) is 10.9 Å². The minimum absolute atomic E-state index is 0.142. The number of guanidine groups is 1. The first-order chi connectivity index (χ1) is 11.9. The standard InChI is InChI=1S/C18H14F2N4O/c1-9-3-2-4-13(19)15(9)16-12-7-10(17(25)24-18(21)22)5-6-11(12)14(20)8-23-16/h2-8H,1H3,(H4,21,22,24,25). The van der Waals surface area contributed by atoms with E-state index in [1.807, 2.05) is 0 Å². The van der Waals surface area contributed by atoms with Gasteiger partial charge in [-0.2, -0.15) is 4.99 Å². The summed E-state index contributed by atoms with van der Waals surface area (Å²) in [5, 5.41) is 0.513. The van der Waals surface area contributed by atoms with Gasteiger partial charge in [-0.25, -0.2) is 8.78 Å². The van der Waals surface area contributed by atoms with Crippen LogP contribution in [0.4, 0.5) is 8.78 Å². The Kier molecular flexibility index (Phi) is 4.14. The summed E-state index contributed by atoms with van der Waals surface area (Å²) in [6.07, 6.45) is 1.03. The minimum Gasteiger partial charge on any atom is -0.370 e. The van der Waals surface area contributed by atoms with Crippen LogP contribution in [0.25, 0.3) is 22.0 Å². The number of rotatable bonds is 2. The Balaban J connectivity index is 2.32. The van der Waals surface area contributed by atoms with E-state index < -0.39 is 17.5 Å². The normalized spacial score (nSPS) is 10.7.